The molecule has 0 aliphatic carbocycles. The second-order valence-corrected chi connectivity index (χ2v) is 7.20. The van der Waals surface area contributed by atoms with Crippen LogP contribution in [-0.4, -0.2) is 62.7 Å². The maximum atomic E-state index is 14.0. The molecule has 0 amide bonds. The number of likely N-dealkylation sites (tertiary alicyclic amines) is 1. The Morgan fingerprint density at radius 1 is 1.22 bits per heavy atom. The van der Waals surface area contributed by atoms with Crippen molar-refractivity contribution in [2.75, 3.05) is 25.0 Å². The molecule has 0 saturated carbocycles. The summed E-state index contributed by atoms with van der Waals surface area (Å²) in [5.41, 5.74) is 1.56. The first-order valence-corrected chi connectivity index (χ1v) is 10.1. The molecule has 32 heavy (non-hydrogen) atoms. The number of aromatic nitrogens is 2. The Balaban J connectivity index is 0.000000390. The highest BCUT2D eigenvalue weighted by molar-refractivity contribution is 5.89. The van der Waals surface area contributed by atoms with Gasteiger partial charge in [0.2, 0.25) is 5.95 Å². The van der Waals surface area contributed by atoms with Gasteiger partial charge in [0.1, 0.15) is 11.6 Å². The Kier molecular flexibility index (Phi) is 9.21. The molecular formula is C22H26F2N4O4. The lowest BCUT2D eigenvalue weighted by atomic mass is 10.1. The van der Waals surface area contributed by atoms with E-state index in [0.717, 1.165) is 38.5 Å². The van der Waals surface area contributed by atoms with Gasteiger partial charge in [0.15, 0.2) is 0 Å². The fraction of sp³-hybridized carbons (Fsp3) is 0.364. The molecule has 0 bridgehead atoms. The Labute approximate surface area is 184 Å². The van der Waals surface area contributed by atoms with E-state index in [1.54, 1.807) is 6.20 Å². The number of hydrogen-bond acceptors (Lipinski definition) is 6. The van der Waals surface area contributed by atoms with Crippen LogP contribution in [0.2, 0.25) is 0 Å². The van der Waals surface area contributed by atoms with Gasteiger partial charge in [0.05, 0.1) is 5.69 Å². The minimum Gasteiger partial charge on any atom is -0.478 e. The number of carboxylic acids is 2. The second kappa shape index (κ2) is 11.8. The molecular weight excluding hydrogens is 422 g/mol. The van der Waals surface area contributed by atoms with Crippen molar-refractivity contribution in [3.05, 3.63) is 53.9 Å². The van der Waals surface area contributed by atoms with Gasteiger partial charge in [0.25, 0.3) is 0 Å². The van der Waals surface area contributed by atoms with Crippen molar-refractivity contribution in [2.45, 2.75) is 32.7 Å². The second-order valence-electron chi connectivity index (χ2n) is 7.20. The maximum Gasteiger partial charge on any atom is 0.328 e. The van der Waals surface area contributed by atoms with Gasteiger partial charge in [-0.3, -0.25) is 0 Å². The number of hydrogen-bond donors (Lipinski definition) is 3. The largest absolute Gasteiger partial charge is 0.478 e. The van der Waals surface area contributed by atoms with Crippen LogP contribution >= 0.6 is 0 Å². The van der Waals surface area contributed by atoms with Crippen LogP contribution in [0.4, 0.5) is 14.7 Å². The van der Waals surface area contributed by atoms with Crippen molar-refractivity contribution >= 4 is 17.9 Å². The lowest BCUT2D eigenvalue weighted by Crippen LogP contribution is -2.42. The minimum atomic E-state index is -1.26. The summed E-state index contributed by atoms with van der Waals surface area (Å²) in [7, 11) is 0. The molecule has 2 heterocycles. The molecule has 1 fully saturated rings. The van der Waals surface area contributed by atoms with Crippen LogP contribution in [-0.2, 0) is 9.59 Å². The van der Waals surface area contributed by atoms with Gasteiger partial charge >= 0.3 is 11.9 Å². The van der Waals surface area contributed by atoms with E-state index in [1.807, 2.05) is 6.92 Å². The number of likely N-dealkylation sites (N-methyl/N-ethyl adjacent to an activating group) is 1. The van der Waals surface area contributed by atoms with E-state index in [-0.39, 0.29) is 0 Å². The molecule has 1 aromatic heterocycles. The Morgan fingerprint density at radius 3 is 2.47 bits per heavy atom. The standard InChI is InChI=1S/C18H22F2N4.C4H4O4/c1-3-24-8-4-5-14(11-24)23-18-21-10-16(12(2)22-18)15-7-6-13(19)9-17(15)20;5-3(6)1-2-4(7)8/h6-7,9-10,14H,3-5,8,11H2,1-2H3,(H,21,22,23);1-2H,(H,5,6)(H,7,8)/b;2-1+/t14-;/m0./s1. The molecule has 0 spiro atoms. The molecule has 8 nitrogen and oxygen atoms in total. The predicted octanol–water partition coefficient (Wildman–Crippen LogP) is 3.34. The lowest BCUT2D eigenvalue weighted by Gasteiger charge is -2.32. The van der Waals surface area contributed by atoms with Crippen LogP contribution in [0.1, 0.15) is 25.5 Å². The SMILES string of the molecule is CCN1CCC[C@H](Nc2ncc(-c3ccc(F)cc3F)c(C)n2)C1.O=C(O)/C=C/C(=O)O. The van der Waals surface area contributed by atoms with Crippen LogP contribution < -0.4 is 5.32 Å². The number of rotatable bonds is 6. The summed E-state index contributed by atoms with van der Waals surface area (Å²) >= 11 is 0. The first kappa shape index (κ1) is 24.9. The first-order chi connectivity index (χ1) is 15.2. The number of anilines is 1. The zero-order valence-corrected chi connectivity index (χ0v) is 17.9. The van der Waals surface area contributed by atoms with E-state index in [2.05, 4.69) is 27.1 Å². The van der Waals surface area contributed by atoms with E-state index in [9.17, 15) is 18.4 Å². The third kappa shape index (κ3) is 7.69. The summed E-state index contributed by atoms with van der Waals surface area (Å²) in [5.74, 6) is -3.15. The normalized spacial score (nSPS) is 16.3. The fourth-order valence-corrected chi connectivity index (χ4v) is 3.29. The lowest BCUT2D eigenvalue weighted by molar-refractivity contribution is -0.134. The Hall–Kier alpha value is -3.40. The van der Waals surface area contributed by atoms with Gasteiger partial charge in [-0.25, -0.2) is 28.3 Å². The van der Waals surface area contributed by atoms with Gasteiger partial charge in [-0.2, -0.15) is 0 Å². The molecule has 0 unspecified atom stereocenters. The number of nitrogens with one attached hydrogen (secondary N) is 1. The van der Waals surface area contributed by atoms with Crippen LogP contribution in [0.25, 0.3) is 11.1 Å². The number of carbonyl (C=O) groups is 2. The average molecular weight is 448 g/mol. The van der Waals surface area contributed by atoms with E-state index in [1.165, 1.54) is 12.1 Å². The number of aliphatic carboxylic acids is 2. The molecule has 0 radical (unpaired) electrons. The number of piperidine rings is 1. The van der Waals surface area contributed by atoms with Gasteiger partial charge in [-0.15, -0.1) is 0 Å². The van der Waals surface area contributed by atoms with Crippen molar-refractivity contribution in [3.63, 3.8) is 0 Å². The average Bonchev–Trinajstić information content (AvgIpc) is 2.74. The zero-order chi connectivity index (χ0) is 23.7. The number of halogens is 2. The number of benzene rings is 1. The molecule has 1 aliphatic heterocycles. The van der Waals surface area contributed by atoms with E-state index < -0.39 is 23.6 Å². The van der Waals surface area contributed by atoms with E-state index in [4.69, 9.17) is 10.2 Å². The van der Waals surface area contributed by atoms with Crippen LogP contribution in [0.15, 0.2) is 36.5 Å². The molecule has 2 aromatic rings. The van der Waals surface area contributed by atoms with Crippen molar-refractivity contribution in [2.24, 2.45) is 0 Å². The van der Waals surface area contributed by atoms with E-state index in [0.29, 0.717) is 41.0 Å². The minimum absolute atomic E-state index is 0.315. The van der Waals surface area contributed by atoms with Crippen molar-refractivity contribution in [1.82, 2.24) is 14.9 Å². The molecule has 3 N–H and O–H groups in total. The quantitative estimate of drug-likeness (QED) is 0.577. The number of aryl methyl sites for hydroxylation is 1. The summed E-state index contributed by atoms with van der Waals surface area (Å²) in [6.07, 6.45) is 4.96. The smallest absolute Gasteiger partial charge is 0.328 e. The molecule has 1 atom stereocenters. The highest BCUT2D eigenvalue weighted by Crippen LogP contribution is 2.26. The molecule has 1 aliphatic rings. The van der Waals surface area contributed by atoms with Crippen LogP contribution in [0.5, 0.6) is 0 Å². The summed E-state index contributed by atoms with van der Waals surface area (Å²) in [4.78, 5) is 30.3. The Bertz CT molecular complexity index is 968. The van der Waals surface area contributed by atoms with Crippen molar-refractivity contribution < 1.29 is 28.6 Å². The number of nitrogens with zero attached hydrogens (tertiary/aromatic N) is 3. The summed E-state index contributed by atoms with van der Waals surface area (Å²) < 4.78 is 27.0. The highest BCUT2D eigenvalue weighted by Gasteiger charge is 2.19. The monoisotopic (exact) mass is 448 g/mol. The molecule has 172 valence electrons. The topological polar surface area (TPSA) is 116 Å². The third-order valence-electron chi connectivity index (χ3n) is 4.86. The third-order valence-corrected chi connectivity index (χ3v) is 4.86. The highest BCUT2D eigenvalue weighted by atomic mass is 19.1. The van der Waals surface area contributed by atoms with Gasteiger partial charge in [-0.1, -0.05) is 6.92 Å². The summed E-state index contributed by atoms with van der Waals surface area (Å²) in [6.45, 7) is 7.13. The predicted molar refractivity (Wildman–Crippen MR) is 115 cm³/mol. The van der Waals surface area contributed by atoms with Gasteiger partial charge in [0, 0.05) is 48.1 Å². The van der Waals surface area contributed by atoms with Gasteiger partial charge < -0.3 is 20.4 Å². The number of carboxylic acid groups (broad SMARTS) is 2. The van der Waals surface area contributed by atoms with Crippen molar-refractivity contribution in [1.29, 1.82) is 0 Å². The first-order valence-electron chi connectivity index (χ1n) is 10.1. The molecule has 1 saturated heterocycles. The molecule has 10 heteroatoms. The van der Waals surface area contributed by atoms with Gasteiger partial charge in [-0.05, 0) is 45.0 Å². The van der Waals surface area contributed by atoms with Crippen LogP contribution in [0, 0.1) is 18.6 Å². The zero-order valence-electron chi connectivity index (χ0n) is 17.9. The van der Waals surface area contributed by atoms with E-state index >= 15 is 0 Å². The Morgan fingerprint density at radius 2 is 1.91 bits per heavy atom. The maximum absolute atomic E-state index is 14.0. The summed E-state index contributed by atoms with van der Waals surface area (Å²) in [5, 5.41) is 19.0. The molecule has 1 aromatic carbocycles. The fourth-order valence-electron chi connectivity index (χ4n) is 3.29. The summed E-state index contributed by atoms with van der Waals surface area (Å²) in [6, 6.07) is 3.86. The van der Waals surface area contributed by atoms with Crippen LogP contribution in [0.3, 0.4) is 0 Å². The van der Waals surface area contributed by atoms with Crippen molar-refractivity contribution in [3.8, 4) is 11.1 Å². The molecule has 3 rings (SSSR count).